The highest BCUT2D eigenvalue weighted by atomic mass is 32.2. The molecular formula is C41H48N6O8S. The normalized spacial score (nSPS) is 26.4. The van der Waals surface area contributed by atoms with Gasteiger partial charge in [-0.2, -0.15) is 0 Å². The van der Waals surface area contributed by atoms with Gasteiger partial charge in [0.05, 0.1) is 29.4 Å². The predicted molar refractivity (Wildman–Crippen MR) is 209 cm³/mol. The van der Waals surface area contributed by atoms with Crippen LogP contribution in [0.4, 0.5) is 4.79 Å². The molecule has 3 N–H and O–H groups in total. The molecule has 0 unspecified atom stereocenters. The largest absolute Gasteiger partial charge is 0.471 e. The summed E-state index contributed by atoms with van der Waals surface area (Å²) in [5.41, 5.74) is 1.88. The van der Waals surface area contributed by atoms with Gasteiger partial charge in [0.2, 0.25) is 27.7 Å². The maximum Gasteiger partial charge on any atom is 0.407 e. The Kier molecular flexibility index (Phi) is 11.2. The van der Waals surface area contributed by atoms with Crippen LogP contribution in [0.2, 0.25) is 0 Å². The Morgan fingerprint density at radius 1 is 1.05 bits per heavy atom. The molecule has 5 atom stereocenters. The number of cyclic esters (lactones) is 1. The van der Waals surface area contributed by atoms with Crippen LogP contribution in [-0.2, 0) is 29.1 Å². The molecule has 3 aromatic rings. The van der Waals surface area contributed by atoms with Crippen LogP contribution >= 0.6 is 0 Å². The molecule has 14 nitrogen and oxygen atoms in total. The van der Waals surface area contributed by atoms with Crippen LogP contribution < -0.4 is 20.1 Å². The number of allylic oxidation sites excluding steroid dienone is 1. The average molecular weight is 785 g/mol. The minimum absolute atomic E-state index is 0.000384. The van der Waals surface area contributed by atoms with E-state index >= 15 is 0 Å². The summed E-state index contributed by atoms with van der Waals surface area (Å²) in [6.45, 7) is 7.46. The fourth-order valence-electron chi connectivity index (χ4n) is 7.36. The van der Waals surface area contributed by atoms with Crippen molar-refractivity contribution in [1.29, 1.82) is 0 Å². The lowest BCUT2D eigenvalue weighted by atomic mass is 10.0. The summed E-state index contributed by atoms with van der Waals surface area (Å²) in [6.07, 6.45) is 8.39. The summed E-state index contributed by atoms with van der Waals surface area (Å²) in [5, 5.41) is 4.87. The summed E-state index contributed by atoms with van der Waals surface area (Å²) in [4.78, 5) is 66.6. The standard InChI is InChI=1S/C41H48N6O8S/c1-4-28-23-41(28,39(50)46-56(52,53)30-17-18-30)45-36(48)33-22-29-24-47(33)38(49)34(25(2)3)44-40(51)54-20-12-7-5-6-9-13-26-16-19-31-32(21-26)43-37(55-29)35(42-31)27-14-10-8-11-15-27/h4,8-11,13-16,19,21,25,28-30,33-34H,1,5-7,12,17-18,20,22-24H2,2-3H3,(H,44,51)(H,45,48)(H,46,50)/b13-9+/t28-,29-,33+,34+,41+/m1/s1. The van der Waals surface area contributed by atoms with E-state index in [9.17, 15) is 27.6 Å². The number of hydrogen-bond donors (Lipinski definition) is 3. The number of carbonyl (C=O) groups excluding carboxylic acids is 4. The molecule has 1 aromatic heterocycles. The molecule has 7 rings (SSSR count). The van der Waals surface area contributed by atoms with E-state index in [2.05, 4.69) is 28.0 Å². The van der Waals surface area contributed by atoms with Crippen molar-refractivity contribution in [1.82, 2.24) is 30.2 Å². The quantitative estimate of drug-likeness (QED) is 0.272. The van der Waals surface area contributed by atoms with E-state index in [0.29, 0.717) is 36.0 Å². The lowest BCUT2D eigenvalue weighted by Gasteiger charge is -2.31. The molecule has 1 saturated heterocycles. The van der Waals surface area contributed by atoms with E-state index < -0.39 is 74.7 Å². The number of benzene rings is 2. The molecule has 2 aromatic carbocycles. The van der Waals surface area contributed by atoms with Gasteiger partial charge in [-0.15, -0.1) is 6.58 Å². The number of nitrogens with zero attached hydrogens (tertiary/aromatic N) is 3. The molecule has 2 aliphatic carbocycles. The van der Waals surface area contributed by atoms with Crippen LogP contribution in [-0.4, -0.2) is 89.2 Å². The van der Waals surface area contributed by atoms with Gasteiger partial charge in [-0.25, -0.2) is 23.2 Å². The Bertz CT molecular complexity index is 2160. The second kappa shape index (κ2) is 16.0. The number of sulfonamides is 1. The highest BCUT2D eigenvalue weighted by Gasteiger charge is 2.62. The lowest BCUT2D eigenvalue weighted by molar-refractivity contribution is -0.141. The smallest absolute Gasteiger partial charge is 0.407 e. The molecule has 0 radical (unpaired) electrons. The Labute approximate surface area is 326 Å². The van der Waals surface area contributed by atoms with Gasteiger partial charge < -0.3 is 25.0 Å². The first-order valence-electron chi connectivity index (χ1n) is 19.3. The number of nitrogens with one attached hydrogen (secondary N) is 3. The van der Waals surface area contributed by atoms with E-state index in [1.54, 1.807) is 13.8 Å². The molecule has 56 heavy (non-hydrogen) atoms. The fourth-order valence-corrected chi connectivity index (χ4v) is 8.73. The molecule has 0 spiro atoms. The van der Waals surface area contributed by atoms with E-state index in [4.69, 9.17) is 19.4 Å². The first-order valence-corrected chi connectivity index (χ1v) is 20.9. The summed E-state index contributed by atoms with van der Waals surface area (Å²) in [7, 11) is -3.91. The summed E-state index contributed by atoms with van der Waals surface area (Å²) >= 11 is 0. The van der Waals surface area contributed by atoms with Crippen LogP contribution in [0.5, 0.6) is 5.88 Å². The number of hydrogen-bond acceptors (Lipinski definition) is 10. The average Bonchev–Trinajstić information content (AvgIpc) is 4.11. The van der Waals surface area contributed by atoms with Crippen molar-refractivity contribution in [2.24, 2.45) is 11.8 Å². The van der Waals surface area contributed by atoms with Crippen molar-refractivity contribution in [2.75, 3.05) is 13.2 Å². The van der Waals surface area contributed by atoms with E-state index in [1.807, 2.05) is 54.6 Å². The third-order valence-corrected chi connectivity index (χ3v) is 12.7. The molecular weight excluding hydrogens is 737 g/mol. The second-order valence-corrected chi connectivity index (χ2v) is 17.4. The third kappa shape index (κ3) is 8.42. The first kappa shape index (κ1) is 38.9. The van der Waals surface area contributed by atoms with Crippen LogP contribution in [0, 0.1) is 11.8 Å². The maximum atomic E-state index is 14.5. The summed E-state index contributed by atoms with van der Waals surface area (Å²) in [5.74, 6) is -2.76. The molecule has 296 valence electrons. The van der Waals surface area contributed by atoms with Crippen LogP contribution in [0.15, 0.2) is 67.3 Å². The number of alkyl carbamates (subject to hydrolysis) is 1. The van der Waals surface area contributed by atoms with Crippen LogP contribution in [0.1, 0.15) is 70.8 Å². The second-order valence-electron chi connectivity index (χ2n) is 15.4. The van der Waals surface area contributed by atoms with Crippen molar-refractivity contribution in [3.05, 3.63) is 72.8 Å². The zero-order valence-electron chi connectivity index (χ0n) is 31.6. The van der Waals surface area contributed by atoms with Gasteiger partial charge in [0.15, 0.2) is 0 Å². The maximum absolute atomic E-state index is 14.5. The van der Waals surface area contributed by atoms with Crippen molar-refractivity contribution >= 4 is 50.9 Å². The molecule has 2 aliphatic heterocycles. The van der Waals surface area contributed by atoms with Gasteiger partial charge in [-0.1, -0.05) is 68.5 Å². The topological polar surface area (TPSA) is 186 Å². The Hall–Kier alpha value is -5.31. The highest BCUT2D eigenvalue weighted by Crippen LogP contribution is 2.45. The lowest BCUT2D eigenvalue weighted by Crippen LogP contribution is -2.59. The number of carbonyl (C=O) groups is 4. The predicted octanol–water partition coefficient (Wildman–Crippen LogP) is 4.65. The molecule has 4 amide bonds. The van der Waals surface area contributed by atoms with Crippen molar-refractivity contribution < 1.29 is 37.1 Å². The highest BCUT2D eigenvalue weighted by molar-refractivity contribution is 7.91. The molecule has 3 fully saturated rings. The number of ether oxygens (including phenoxy) is 2. The number of aromatic nitrogens is 2. The van der Waals surface area contributed by atoms with Crippen LogP contribution in [0.3, 0.4) is 0 Å². The van der Waals surface area contributed by atoms with Gasteiger partial charge in [0, 0.05) is 17.9 Å². The van der Waals surface area contributed by atoms with E-state index in [0.717, 1.165) is 30.4 Å². The Balaban J connectivity index is 1.24. The van der Waals surface area contributed by atoms with Gasteiger partial charge in [0.25, 0.3) is 5.91 Å². The number of fused-ring (bicyclic) bond motifs is 4. The fraction of sp³-hybridized carbons (Fsp3) is 0.463. The van der Waals surface area contributed by atoms with Crippen molar-refractivity contribution in [2.45, 2.75) is 94.2 Å². The van der Waals surface area contributed by atoms with Crippen molar-refractivity contribution in [3.63, 3.8) is 0 Å². The third-order valence-electron chi connectivity index (χ3n) is 10.8. The van der Waals surface area contributed by atoms with Gasteiger partial charge in [-0.3, -0.25) is 19.1 Å². The summed E-state index contributed by atoms with van der Waals surface area (Å²) < 4.78 is 39.7. The molecule has 15 heteroatoms. The molecule has 2 saturated carbocycles. The van der Waals surface area contributed by atoms with E-state index in [1.165, 1.54) is 11.0 Å². The van der Waals surface area contributed by atoms with Crippen LogP contribution in [0.25, 0.3) is 28.4 Å². The summed E-state index contributed by atoms with van der Waals surface area (Å²) in [6, 6.07) is 13.0. The van der Waals surface area contributed by atoms with E-state index in [-0.39, 0.29) is 31.9 Å². The number of rotatable bonds is 8. The zero-order chi connectivity index (χ0) is 39.6. The molecule has 3 heterocycles. The Morgan fingerprint density at radius 2 is 1.84 bits per heavy atom. The monoisotopic (exact) mass is 784 g/mol. The minimum Gasteiger partial charge on any atom is -0.471 e. The first-order chi connectivity index (χ1) is 26.9. The van der Waals surface area contributed by atoms with Gasteiger partial charge in [-0.05, 0) is 68.6 Å². The Morgan fingerprint density at radius 3 is 2.55 bits per heavy atom. The molecule has 4 aliphatic rings. The van der Waals surface area contributed by atoms with Gasteiger partial charge >= 0.3 is 6.09 Å². The van der Waals surface area contributed by atoms with Gasteiger partial charge in [0.1, 0.15) is 29.4 Å². The van der Waals surface area contributed by atoms with Crippen molar-refractivity contribution in [3.8, 4) is 17.1 Å². The minimum atomic E-state index is -3.91. The SMILES string of the molecule is C=C[C@@H]1C[C@@]1(NC(=O)[C@@H]1C[C@@H]2CN1C(=O)[C@H](C(C)C)NC(=O)OCCCCC/C=C/c1ccc3nc(-c4ccccc4)c(nc3c1)O2)C(=O)NS(=O)(=O)C1CC1. The number of amides is 4. The molecule has 5 bridgehead atoms. The zero-order valence-corrected chi connectivity index (χ0v) is 32.4.